The molecule has 0 saturated carbocycles. The maximum absolute atomic E-state index is 13.7. The third kappa shape index (κ3) is 3.31. The van der Waals surface area contributed by atoms with Gasteiger partial charge in [0.1, 0.15) is 5.82 Å². The molecule has 1 aromatic carbocycles. The molecule has 0 fully saturated rings. The second-order valence-corrected chi connectivity index (χ2v) is 4.21. The van der Waals surface area contributed by atoms with Crippen molar-refractivity contribution in [2.45, 2.75) is 19.9 Å². The van der Waals surface area contributed by atoms with Gasteiger partial charge in [0, 0.05) is 18.7 Å². The first-order valence-corrected chi connectivity index (χ1v) is 5.73. The Hall–Kier alpha value is -1.86. The summed E-state index contributed by atoms with van der Waals surface area (Å²) in [5.74, 6) is 4.49. The molecule has 0 atom stereocenters. The maximum atomic E-state index is 13.7. The molecule has 0 unspecified atom stereocenters. The van der Waals surface area contributed by atoms with Crippen LogP contribution >= 0.6 is 0 Å². The van der Waals surface area contributed by atoms with Crippen molar-refractivity contribution in [1.29, 1.82) is 0 Å². The maximum Gasteiger partial charge on any atom is 0.253 e. The number of nitrogens with zero attached hydrogens (tertiary/aromatic N) is 1. The van der Waals surface area contributed by atoms with Crippen molar-refractivity contribution in [3.63, 3.8) is 0 Å². The first-order valence-electron chi connectivity index (χ1n) is 5.73. The number of rotatable bonds is 2. The Kier molecular flexibility index (Phi) is 4.87. The number of carbonyl (C=O) groups excluding carboxylic acids is 1. The molecule has 96 valence electrons. The van der Waals surface area contributed by atoms with E-state index in [9.17, 15) is 9.18 Å². The Morgan fingerprint density at radius 2 is 2.17 bits per heavy atom. The summed E-state index contributed by atoms with van der Waals surface area (Å²) in [6.07, 6.45) is 0. The van der Waals surface area contributed by atoms with Crippen molar-refractivity contribution < 1.29 is 9.18 Å². The number of nitrogens with two attached hydrogens (primary N) is 1. The largest absolute Gasteiger partial charge is 0.339 e. The van der Waals surface area contributed by atoms with E-state index in [1.54, 1.807) is 18.0 Å². The lowest BCUT2D eigenvalue weighted by Gasteiger charge is -2.21. The van der Waals surface area contributed by atoms with E-state index in [0.717, 1.165) is 0 Å². The first-order chi connectivity index (χ1) is 8.47. The zero-order valence-corrected chi connectivity index (χ0v) is 10.8. The minimum Gasteiger partial charge on any atom is -0.339 e. The van der Waals surface area contributed by atoms with Crippen molar-refractivity contribution in [2.24, 2.45) is 5.73 Å². The molecule has 0 radical (unpaired) electrons. The van der Waals surface area contributed by atoms with Crippen molar-refractivity contribution in [3.8, 4) is 11.8 Å². The number of amides is 1. The van der Waals surface area contributed by atoms with Crippen molar-refractivity contribution in [3.05, 3.63) is 35.1 Å². The summed E-state index contributed by atoms with van der Waals surface area (Å²) in [5, 5.41) is 0. The lowest BCUT2D eigenvalue weighted by molar-refractivity contribution is 0.0754. The lowest BCUT2D eigenvalue weighted by atomic mass is 10.1. The summed E-state index contributed by atoms with van der Waals surface area (Å²) in [4.78, 5) is 13.5. The summed E-state index contributed by atoms with van der Waals surface area (Å²) in [6.45, 7) is 3.97. The average molecular weight is 248 g/mol. The molecule has 2 N–H and O–H groups in total. The van der Waals surface area contributed by atoms with Gasteiger partial charge < -0.3 is 10.6 Å². The quantitative estimate of drug-likeness (QED) is 0.808. The number of benzene rings is 1. The highest BCUT2D eigenvalue weighted by molar-refractivity contribution is 5.94. The Labute approximate surface area is 107 Å². The Morgan fingerprint density at radius 1 is 1.50 bits per heavy atom. The molecule has 1 amide bonds. The van der Waals surface area contributed by atoms with Crippen LogP contribution in [0.4, 0.5) is 4.39 Å². The molecule has 18 heavy (non-hydrogen) atoms. The molecule has 0 bridgehead atoms. The van der Waals surface area contributed by atoms with E-state index >= 15 is 0 Å². The second kappa shape index (κ2) is 6.18. The van der Waals surface area contributed by atoms with Gasteiger partial charge in [0.2, 0.25) is 0 Å². The van der Waals surface area contributed by atoms with Crippen molar-refractivity contribution in [2.75, 3.05) is 13.6 Å². The molecule has 1 rings (SSSR count). The van der Waals surface area contributed by atoms with Crippen LogP contribution in [-0.4, -0.2) is 30.4 Å². The van der Waals surface area contributed by atoms with Gasteiger partial charge in [-0.05, 0) is 32.0 Å². The molecule has 3 nitrogen and oxygen atoms in total. The molecule has 0 aromatic heterocycles. The monoisotopic (exact) mass is 248 g/mol. The smallest absolute Gasteiger partial charge is 0.253 e. The molecular formula is C14H17FN2O. The fourth-order valence-corrected chi connectivity index (χ4v) is 1.33. The van der Waals surface area contributed by atoms with Gasteiger partial charge >= 0.3 is 0 Å². The molecule has 0 aliphatic carbocycles. The highest BCUT2D eigenvalue weighted by Crippen LogP contribution is 2.12. The SMILES string of the molecule is CC(C)N(C)C(=O)c1ccc(C#CCN)c(F)c1. The van der Waals surface area contributed by atoms with E-state index in [4.69, 9.17) is 5.73 Å². The predicted molar refractivity (Wildman–Crippen MR) is 69.6 cm³/mol. The molecule has 4 heteroatoms. The third-order valence-electron chi connectivity index (χ3n) is 2.64. The topological polar surface area (TPSA) is 46.3 Å². The second-order valence-electron chi connectivity index (χ2n) is 4.21. The predicted octanol–water partition coefficient (Wildman–Crippen LogP) is 1.62. The Morgan fingerprint density at radius 3 is 2.67 bits per heavy atom. The van der Waals surface area contributed by atoms with Crippen molar-refractivity contribution in [1.82, 2.24) is 4.90 Å². The zero-order valence-electron chi connectivity index (χ0n) is 10.8. The molecule has 0 aliphatic heterocycles. The lowest BCUT2D eigenvalue weighted by Crippen LogP contribution is -2.33. The minimum absolute atomic E-state index is 0.0669. The van der Waals surface area contributed by atoms with E-state index in [-0.39, 0.29) is 24.1 Å². The minimum atomic E-state index is -0.501. The fraction of sp³-hybridized carbons (Fsp3) is 0.357. The van der Waals surface area contributed by atoms with Crippen LogP contribution in [0.2, 0.25) is 0 Å². The summed E-state index contributed by atoms with van der Waals surface area (Å²) < 4.78 is 13.7. The van der Waals surface area contributed by atoms with Crippen molar-refractivity contribution >= 4 is 5.91 Å². The molecule has 0 aliphatic rings. The standard InChI is InChI=1S/C14H17FN2O/c1-10(2)17(3)14(18)12-7-6-11(5-4-8-16)13(15)9-12/h6-7,9-10H,8,16H2,1-3H3. The summed E-state index contributed by atoms with van der Waals surface area (Å²) in [7, 11) is 1.69. The van der Waals surface area contributed by atoms with Crippen LogP contribution in [0.1, 0.15) is 29.8 Å². The highest BCUT2D eigenvalue weighted by atomic mass is 19.1. The molecule has 0 saturated heterocycles. The number of hydrogen-bond acceptors (Lipinski definition) is 2. The van der Waals surface area contributed by atoms with Crippen LogP contribution in [-0.2, 0) is 0 Å². The fourth-order valence-electron chi connectivity index (χ4n) is 1.33. The highest BCUT2D eigenvalue weighted by Gasteiger charge is 2.15. The van der Waals surface area contributed by atoms with Gasteiger partial charge in [-0.25, -0.2) is 4.39 Å². The normalized spacial score (nSPS) is 9.89. The summed E-state index contributed by atoms with van der Waals surface area (Å²) in [5.41, 5.74) is 5.80. The molecule has 0 spiro atoms. The number of hydrogen-bond donors (Lipinski definition) is 1. The van der Waals surface area contributed by atoms with Crippen LogP contribution in [0.25, 0.3) is 0 Å². The van der Waals surface area contributed by atoms with Crippen LogP contribution in [0.15, 0.2) is 18.2 Å². The summed E-state index contributed by atoms with van der Waals surface area (Å²) >= 11 is 0. The third-order valence-corrected chi connectivity index (χ3v) is 2.64. The van der Waals surface area contributed by atoms with E-state index in [0.29, 0.717) is 5.56 Å². The number of halogens is 1. The molecular weight excluding hydrogens is 231 g/mol. The van der Waals surface area contributed by atoms with E-state index < -0.39 is 5.82 Å². The van der Waals surface area contributed by atoms with Crippen LogP contribution in [0, 0.1) is 17.7 Å². The Bertz CT molecular complexity index is 500. The Balaban J connectivity index is 3.01. The van der Waals surface area contributed by atoms with Crippen LogP contribution in [0.3, 0.4) is 0 Å². The number of carbonyl (C=O) groups is 1. The van der Waals surface area contributed by atoms with Gasteiger partial charge in [0.25, 0.3) is 5.91 Å². The molecule has 1 aromatic rings. The van der Waals surface area contributed by atoms with Gasteiger partial charge in [-0.3, -0.25) is 4.79 Å². The van der Waals surface area contributed by atoms with Gasteiger partial charge in [-0.2, -0.15) is 0 Å². The van der Waals surface area contributed by atoms with Gasteiger partial charge in [-0.1, -0.05) is 11.8 Å². The molecule has 0 heterocycles. The zero-order chi connectivity index (χ0) is 13.7. The first kappa shape index (κ1) is 14.2. The van der Waals surface area contributed by atoms with Gasteiger partial charge in [0.05, 0.1) is 12.1 Å². The summed E-state index contributed by atoms with van der Waals surface area (Å²) in [6, 6.07) is 4.35. The van der Waals surface area contributed by atoms with Crippen LogP contribution < -0.4 is 5.73 Å². The van der Waals surface area contributed by atoms with E-state index in [1.165, 1.54) is 12.1 Å². The van der Waals surface area contributed by atoms with Gasteiger partial charge in [-0.15, -0.1) is 0 Å². The van der Waals surface area contributed by atoms with E-state index in [2.05, 4.69) is 11.8 Å². The van der Waals surface area contributed by atoms with E-state index in [1.807, 2.05) is 13.8 Å². The van der Waals surface area contributed by atoms with Crippen LogP contribution in [0.5, 0.6) is 0 Å². The average Bonchev–Trinajstić information content (AvgIpc) is 2.35. The van der Waals surface area contributed by atoms with Gasteiger partial charge in [0.15, 0.2) is 0 Å².